The number of imidazole rings is 1. The molecule has 84 heavy (non-hydrogen) atoms. The minimum absolute atomic E-state index is 0. The van der Waals surface area contributed by atoms with Gasteiger partial charge in [-0.25, -0.2) is 4.98 Å². The number of aromatic nitrogens is 4. The van der Waals surface area contributed by atoms with Crippen molar-refractivity contribution < 1.29 is 30.4 Å². The molecule has 10 aromatic rings. The molecule has 0 saturated heterocycles. The molecule has 0 spiro atoms. The van der Waals surface area contributed by atoms with E-state index in [1.807, 2.05) is 18.3 Å². The number of rotatable bonds is 7. The standard InChI is InChI=1S/C78H82N4O.Pt/c1-72(2,3)52-32-41-79-68(46-52)82-64-27-15-14-24-58(64)59-31-30-55(48-67(59)82)83-54-23-18-22-53(47-54)80-49-81(66-29-17-16-28-65(66)80)71-56(50-42-60-69-62(44-50)75(8,9)37-39-77(69,12)35-20-33-73(60,4)5)25-19-26-57(71)51-43-61-70-63(45-51)76(10,11)38-40-78(70,13)36-21-34-74(61,6)7;/h14-19,22-32,41-46H,20-21,33-40H2,1-13H3;/q-2;. The Morgan fingerprint density at radius 3 is 1.64 bits per heavy atom. The molecule has 2 unspecified atom stereocenters. The van der Waals surface area contributed by atoms with Crippen LogP contribution in [0.4, 0.5) is 0 Å². The van der Waals surface area contributed by atoms with Crippen molar-refractivity contribution in [1.29, 1.82) is 0 Å². The van der Waals surface area contributed by atoms with Crippen molar-refractivity contribution >= 4 is 32.8 Å². The van der Waals surface area contributed by atoms with E-state index in [9.17, 15) is 0 Å². The first-order valence-corrected chi connectivity index (χ1v) is 31.0. The summed E-state index contributed by atoms with van der Waals surface area (Å²) in [6, 6.07) is 57.2. The van der Waals surface area contributed by atoms with E-state index < -0.39 is 0 Å². The second kappa shape index (κ2) is 19.7. The molecular formula is C78H82N4OPt-2. The summed E-state index contributed by atoms with van der Waals surface area (Å²) < 4.78 is 13.7. The number of ether oxygens (including phenoxy) is 1. The van der Waals surface area contributed by atoms with Crippen molar-refractivity contribution in [1.82, 2.24) is 14.1 Å². The molecule has 0 saturated carbocycles. The Morgan fingerprint density at radius 2 is 1.05 bits per heavy atom. The third-order valence-electron chi connectivity index (χ3n) is 21.1. The zero-order chi connectivity index (χ0) is 57.8. The maximum absolute atomic E-state index is 6.85. The van der Waals surface area contributed by atoms with E-state index in [0.717, 1.165) is 50.0 Å². The number of para-hydroxylation sites is 4. The number of benzene rings is 7. The largest absolute Gasteiger partial charge is 0.510 e. The fourth-order valence-electron chi connectivity index (χ4n) is 15.9. The molecule has 0 bridgehead atoms. The minimum atomic E-state index is -0.0366. The topological polar surface area (TPSA) is 35.9 Å². The molecule has 432 valence electrons. The Balaban J connectivity index is 0.00000658. The molecule has 3 aromatic heterocycles. The number of pyridine rings is 1. The van der Waals surface area contributed by atoms with Crippen molar-refractivity contribution in [2.24, 2.45) is 0 Å². The molecule has 4 aliphatic carbocycles. The van der Waals surface area contributed by atoms with E-state index in [2.05, 4.69) is 243 Å². The average molecular weight is 1290 g/mol. The van der Waals surface area contributed by atoms with E-state index in [0.29, 0.717) is 11.5 Å². The molecule has 0 radical (unpaired) electrons. The molecule has 3 heterocycles. The Hall–Kier alpha value is -6.55. The summed E-state index contributed by atoms with van der Waals surface area (Å²) >= 11 is 0. The van der Waals surface area contributed by atoms with Crippen LogP contribution in [0, 0.1) is 18.5 Å². The van der Waals surface area contributed by atoms with Gasteiger partial charge in [-0.3, -0.25) is 4.57 Å². The maximum Gasteiger partial charge on any atom is 0.268 e. The van der Waals surface area contributed by atoms with Crippen LogP contribution in [0.15, 0.2) is 140 Å². The number of hydrogen-bond acceptors (Lipinski definition) is 2. The Labute approximate surface area is 514 Å². The maximum atomic E-state index is 6.85. The summed E-state index contributed by atoms with van der Waals surface area (Å²) in [6.45, 7) is 32.0. The number of nitrogens with zero attached hydrogens (tertiary/aromatic N) is 4. The van der Waals surface area contributed by atoms with Gasteiger partial charge in [-0.05, 0) is 180 Å². The van der Waals surface area contributed by atoms with Gasteiger partial charge in [-0.15, -0.1) is 29.7 Å². The van der Waals surface area contributed by atoms with Gasteiger partial charge in [0.25, 0.3) is 6.33 Å². The molecule has 14 rings (SSSR count). The first-order chi connectivity index (χ1) is 39.4. The van der Waals surface area contributed by atoms with E-state index >= 15 is 0 Å². The van der Waals surface area contributed by atoms with Gasteiger partial charge in [0.15, 0.2) is 0 Å². The molecule has 5 nitrogen and oxygen atoms in total. The van der Waals surface area contributed by atoms with Crippen LogP contribution in [0.25, 0.3) is 72.3 Å². The van der Waals surface area contributed by atoms with Crippen LogP contribution in [-0.2, 0) is 59.0 Å². The van der Waals surface area contributed by atoms with Crippen molar-refractivity contribution in [3.63, 3.8) is 0 Å². The molecule has 4 aliphatic rings. The zero-order valence-electron chi connectivity index (χ0n) is 51.9. The predicted octanol–water partition coefficient (Wildman–Crippen LogP) is 19.8. The average Bonchev–Trinajstić information content (AvgIpc) is 1.56. The van der Waals surface area contributed by atoms with Gasteiger partial charge < -0.3 is 13.9 Å². The van der Waals surface area contributed by atoms with Gasteiger partial charge in [0.05, 0.1) is 16.7 Å². The van der Waals surface area contributed by atoms with Gasteiger partial charge in [0.1, 0.15) is 5.82 Å². The normalized spacial score (nSPS) is 21.1. The van der Waals surface area contributed by atoms with Crippen molar-refractivity contribution in [2.45, 2.75) is 192 Å². The summed E-state index contributed by atoms with van der Waals surface area (Å²) in [4.78, 5) is 4.93. The van der Waals surface area contributed by atoms with Crippen LogP contribution in [0.2, 0.25) is 0 Å². The zero-order valence-corrected chi connectivity index (χ0v) is 54.1. The van der Waals surface area contributed by atoms with Gasteiger partial charge >= 0.3 is 0 Å². The van der Waals surface area contributed by atoms with Crippen LogP contribution >= 0.6 is 0 Å². The summed E-state index contributed by atoms with van der Waals surface area (Å²) in [7, 11) is 0. The Morgan fingerprint density at radius 1 is 0.512 bits per heavy atom. The van der Waals surface area contributed by atoms with Crippen LogP contribution in [0.5, 0.6) is 11.5 Å². The van der Waals surface area contributed by atoms with Crippen LogP contribution in [-0.4, -0.2) is 14.1 Å². The monoisotopic (exact) mass is 1290 g/mol. The van der Waals surface area contributed by atoms with E-state index in [4.69, 9.17) is 9.72 Å². The Bertz CT molecular complexity index is 4170. The van der Waals surface area contributed by atoms with E-state index in [-0.39, 0.29) is 59.0 Å². The van der Waals surface area contributed by atoms with Crippen LogP contribution in [0.1, 0.15) is 193 Å². The Kier molecular flexibility index (Phi) is 13.3. The predicted molar refractivity (Wildman–Crippen MR) is 343 cm³/mol. The molecule has 0 aliphatic heterocycles. The second-order valence-corrected chi connectivity index (χ2v) is 29.8. The fourth-order valence-corrected chi connectivity index (χ4v) is 15.9. The SMILES string of the molecule is CC(C)(C)c1ccnc(-n2c3[c-]c(Oc4[c-]c(-n5[c-][n+](-c6c(-c7cc8c9c(c7)C(C)(C)CCC9(C)CCCC8(C)C)cccc6-c6cc7c8c(c6)C(C)(C)CCC8(C)CCCC7(C)C)c6ccccc65)ccc4)ccc3c3ccccc32)c1.[Pt]. The minimum Gasteiger partial charge on any atom is -0.510 e. The molecule has 6 heteroatoms. The first kappa shape index (κ1) is 56.6. The van der Waals surface area contributed by atoms with Crippen LogP contribution in [0.3, 0.4) is 0 Å². The summed E-state index contributed by atoms with van der Waals surface area (Å²) in [5, 5.41) is 2.24. The first-order valence-electron chi connectivity index (χ1n) is 31.0. The van der Waals surface area contributed by atoms with Gasteiger partial charge in [0, 0.05) is 44.3 Å². The van der Waals surface area contributed by atoms with Gasteiger partial charge in [-0.1, -0.05) is 193 Å². The molecule has 0 amide bonds. The number of hydrogen-bond donors (Lipinski definition) is 0. The molecule has 0 fully saturated rings. The van der Waals surface area contributed by atoms with E-state index in [1.54, 1.807) is 22.3 Å². The summed E-state index contributed by atoms with van der Waals surface area (Å²) in [5.74, 6) is 2.06. The fraction of sp³-hybridized carbons (Fsp3) is 0.385. The third kappa shape index (κ3) is 9.09. The summed E-state index contributed by atoms with van der Waals surface area (Å²) in [5.41, 5.74) is 22.2. The smallest absolute Gasteiger partial charge is 0.268 e. The molecule has 7 aromatic carbocycles. The van der Waals surface area contributed by atoms with Gasteiger partial charge in [0.2, 0.25) is 0 Å². The number of fused-ring (bicyclic) bond motifs is 4. The molecular weight excluding hydrogens is 1200 g/mol. The summed E-state index contributed by atoms with van der Waals surface area (Å²) in [6.07, 6.45) is 18.2. The van der Waals surface area contributed by atoms with Crippen molar-refractivity contribution in [3.05, 3.63) is 197 Å². The molecule has 0 N–H and O–H groups in total. The van der Waals surface area contributed by atoms with Gasteiger partial charge in [-0.2, -0.15) is 18.2 Å². The van der Waals surface area contributed by atoms with E-state index in [1.165, 1.54) is 103 Å². The van der Waals surface area contributed by atoms with Crippen molar-refractivity contribution in [3.8, 4) is 50.9 Å². The third-order valence-corrected chi connectivity index (χ3v) is 21.1. The second-order valence-electron chi connectivity index (χ2n) is 29.8. The quantitative estimate of drug-likeness (QED) is 0.118. The molecule has 2 atom stereocenters. The van der Waals surface area contributed by atoms with Crippen LogP contribution < -0.4 is 9.30 Å². The van der Waals surface area contributed by atoms with Crippen molar-refractivity contribution in [2.75, 3.05) is 0 Å².